The second-order valence-corrected chi connectivity index (χ2v) is 7.36. The molecular weight excluding hydrogens is 282 g/mol. The molecule has 0 rings (SSSR count). The highest BCUT2D eigenvalue weighted by atomic mass is 16.1. The molecule has 1 amide bonds. The summed E-state index contributed by atoms with van der Waals surface area (Å²) in [6.45, 7) is 8.96. The molecule has 0 aromatic carbocycles. The van der Waals surface area contributed by atoms with Crippen LogP contribution in [0.25, 0.3) is 0 Å². The number of hydrogen-bond donors (Lipinski definition) is 0. The summed E-state index contributed by atoms with van der Waals surface area (Å²) in [5.74, 6) is 0. The second-order valence-electron chi connectivity index (χ2n) is 7.36. The first-order valence-electron chi connectivity index (χ1n) is 10.4. The lowest BCUT2D eigenvalue weighted by Gasteiger charge is -2.31. The Morgan fingerprint density at radius 2 is 1.00 bits per heavy atom. The largest absolute Gasteiger partial charge is 0.340 e. The molecule has 0 aliphatic rings. The maximum Gasteiger partial charge on any atom is 0.210 e. The van der Waals surface area contributed by atoms with Gasteiger partial charge in [0.1, 0.15) is 0 Å². The summed E-state index contributed by atoms with van der Waals surface area (Å²) < 4.78 is 0. The Labute approximate surface area is 146 Å². The van der Waals surface area contributed by atoms with Crippen molar-refractivity contribution in [3.8, 4) is 0 Å². The third-order valence-electron chi connectivity index (χ3n) is 5.09. The molecule has 138 valence electrons. The van der Waals surface area contributed by atoms with E-state index in [2.05, 4.69) is 32.6 Å². The van der Waals surface area contributed by atoms with Crippen molar-refractivity contribution in [1.29, 1.82) is 0 Å². The van der Waals surface area contributed by atoms with Gasteiger partial charge in [0.15, 0.2) is 0 Å². The lowest BCUT2D eigenvalue weighted by Crippen LogP contribution is -2.39. The molecule has 0 bridgehead atoms. The van der Waals surface area contributed by atoms with Crippen LogP contribution in [0.3, 0.4) is 0 Å². The molecule has 2 nitrogen and oxygen atoms in total. The van der Waals surface area contributed by atoms with Gasteiger partial charge in [0.25, 0.3) is 0 Å². The molecular formula is C21H43NO. The van der Waals surface area contributed by atoms with Gasteiger partial charge < -0.3 is 4.90 Å². The smallest absolute Gasteiger partial charge is 0.210 e. The Kier molecular flexibility index (Phi) is 16.0. The van der Waals surface area contributed by atoms with Crippen molar-refractivity contribution in [2.75, 3.05) is 0 Å². The van der Waals surface area contributed by atoms with Gasteiger partial charge >= 0.3 is 0 Å². The van der Waals surface area contributed by atoms with Gasteiger partial charge in [-0.25, -0.2) is 0 Å². The third kappa shape index (κ3) is 12.5. The van der Waals surface area contributed by atoms with Gasteiger partial charge in [0.2, 0.25) is 6.41 Å². The average molecular weight is 326 g/mol. The zero-order valence-corrected chi connectivity index (χ0v) is 16.5. The highest BCUT2D eigenvalue weighted by Crippen LogP contribution is 2.17. The normalized spacial score (nSPS) is 13.7. The first-order valence-corrected chi connectivity index (χ1v) is 10.4. The number of amides is 1. The van der Waals surface area contributed by atoms with Crippen molar-refractivity contribution in [2.24, 2.45) is 0 Å². The van der Waals surface area contributed by atoms with Crippen LogP contribution in [-0.2, 0) is 4.79 Å². The van der Waals surface area contributed by atoms with Gasteiger partial charge in [-0.05, 0) is 26.7 Å². The van der Waals surface area contributed by atoms with E-state index in [1.54, 1.807) is 0 Å². The number of rotatable bonds is 17. The zero-order valence-electron chi connectivity index (χ0n) is 16.5. The van der Waals surface area contributed by atoms with Gasteiger partial charge in [-0.3, -0.25) is 4.79 Å². The first-order chi connectivity index (χ1) is 11.2. The summed E-state index contributed by atoms with van der Waals surface area (Å²) >= 11 is 0. The van der Waals surface area contributed by atoms with E-state index in [9.17, 15) is 4.79 Å². The van der Waals surface area contributed by atoms with Gasteiger partial charge in [-0.2, -0.15) is 0 Å². The Balaban J connectivity index is 3.79. The van der Waals surface area contributed by atoms with E-state index in [1.807, 2.05) is 0 Å². The van der Waals surface area contributed by atoms with Crippen molar-refractivity contribution < 1.29 is 4.79 Å². The molecule has 0 fully saturated rings. The molecule has 2 atom stereocenters. The van der Waals surface area contributed by atoms with Gasteiger partial charge in [0.05, 0.1) is 0 Å². The summed E-state index contributed by atoms with van der Waals surface area (Å²) in [5, 5.41) is 0. The van der Waals surface area contributed by atoms with E-state index in [1.165, 1.54) is 77.0 Å². The van der Waals surface area contributed by atoms with Crippen molar-refractivity contribution in [2.45, 2.75) is 130 Å². The fourth-order valence-electron chi connectivity index (χ4n) is 3.38. The van der Waals surface area contributed by atoms with E-state index >= 15 is 0 Å². The Morgan fingerprint density at radius 1 is 0.652 bits per heavy atom. The van der Waals surface area contributed by atoms with E-state index in [-0.39, 0.29) is 0 Å². The summed E-state index contributed by atoms with van der Waals surface area (Å²) in [5.41, 5.74) is 0. The van der Waals surface area contributed by atoms with Crippen molar-refractivity contribution in [3.63, 3.8) is 0 Å². The number of carbonyl (C=O) groups is 1. The molecule has 0 N–H and O–H groups in total. The van der Waals surface area contributed by atoms with Gasteiger partial charge in [-0.1, -0.05) is 90.9 Å². The predicted molar refractivity (Wildman–Crippen MR) is 103 cm³/mol. The van der Waals surface area contributed by atoms with Crippen LogP contribution >= 0.6 is 0 Å². The van der Waals surface area contributed by atoms with Crippen LogP contribution in [0.2, 0.25) is 0 Å². The average Bonchev–Trinajstić information content (AvgIpc) is 2.54. The van der Waals surface area contributed by atoms with Gasteiger partial charge in [-0.15, -0.1) is 0 Å². The molecule has 0 radical (unpaired) electrons. The van der Waals surface area contributed by atoms with E-state index in [0.717, 1.165) is 19.3 Å². The topological polar surface area (TPSA) is 20.3 Å². The Hall–Kier alpha value is -0.530. The second kappa shape index (κ2) is 16.3. The molecule has 0 aromatic heterocycles. The highest BCUT2D eigenvalue weighted by molar-refractivity contribution is 5.48. The van der Waals surface area contributed by atoms with Crippen LogP contribution in [0.4, 0.5) is 0 Å². The predicted octanol–water partition coefficient (Wildman–Crippen LogP) is 6.72. The fourth-order valence-corrected chi connectivity index (χ4v) is 3.38. The number of nitrogens with zero attached hydrogens (tertiary/aromatic N) is 1. The van der Waals surface area contributed by atoms with Gasteiger partial charge in [0, 0.05) is 12.1 Å². The van der Waals surface area contributed by atoms with E-state index < -0.39 is 0 Å². The standard InChI is InChI=1S/C21H43NO/c1-5-7-9-11-13-15-17-20(3)22(19-23)21(4)18-16-14-12-10-8-6-2/h19-21H,5-18H2,1-4H3. The maximum absolute atomic E-state index is 11.5. The maximum atomic E-state index is 11.5. The first kappa shape index (κ1) is 22.5. The molecule has 0 saturated heterocycles. The highest BCUT2D eigenvalue weighted by Gasteiger charge is 2.17. The van der Waals surface area contributed by atoms with E-state index in [0.29, 0.717) is 12.1 Å². The lowest BCUT2D eigenvalue weighted by atomic mass is 10.0. The summed E-state index contributed by atoms with van der Waals surface area (Å²) in [6.07, 6.45) is 19.4. The van der Waals surface area contributed by atoms with Crippen LogP contribution in [0.5, 0.6) is 0 Å². The minimum atomic E-state index is 0.397. The molecule has 0 aromatic rings. The monoisotopic (exact) mass is 325 g/mol. The number of unbranched alkanes of at least 4 members (excludes halogenated alkanes) is 10. The van der Waals surface area contributed by atoms with Crippen LogP contribution in [0.1, 0.15) is 118 Å². The minimum Gasteiger partial charge on any atom is -0.340 e. The van der Waals surface area contributed by atoms with Crippen molar-refractivity contribution in [1.82, 2.24) is 4.90 Å². The Morgan fingerprint density at radius 3 is 1.35 bits per heavy atom. The molecule has 0 heterocycles. The molecule has 0 aliphatic heterocycles. The zero-order chi connectivity index (χ0) is 17.3. The summed E-state index contributed by atoms with van der Waals surface area (Å²) in [4.78, 5) is 13.5. The summed E-state index contributed by atoms with van der Waals surface area (Å²) in [6, 6.07) is 0.794. The SMILES string of the molecule is CCCCCCCCC(C)N(C=O)C(C)CCCCCCCC. The molecule has 2 unspecified atom stereocenters. The van der Waals surface area contributed by atoms with Crippen LogP contribution < -0.4 is 0 Å². The fraction of sp³-hybridized carbons (Fsp3) is 0.952. The quantitative estimate of drug-likeness (QED) is 0.215. The molecule has 2 heteroatoms. The minimum absolute atomic E-state index is 0.397. The van der Waals surface area contributed by atoms with E-state index in [4.69, 9.17) is 0 Å². The van der Waals surface area contributed by atoms with Crippen LogP contribution in [0, 0.1) is 0 Å². The lowest BCUT2D eigenvalue weighted by molar-refractivity contribution is -0.122. The van der Waals surface area contributed by atoms with Crippen molar-refractivity contribution >= 4 is 6.41 Å². The number of hydrogen-bond acceptors (Lipinski definition) is 1. The molecule has 23 heavy (non-hydrogen) atoms. The van der Waals surface area contributed by atoms with Crippen LogP contribution in [0.15, 0.2) is 0 Å². The summed E-state index contributed by atoms with van der Waals surface area (Å²) in [7, 11) is 0. The molecule has 0 saturated carbocycles. The molecule has 0 spiro atoms. The molecule has 0 aliphatic carbocycles. The Bertz CT molecular complexity index is 232. The van der Waals surface area contributed by atoms with Crippen LogP contribution in [-0.4, -0.2) is 23.4 Å². The number of carbonyl (C=O) groups excluding carboxylic acids is 1. The van der Waals surface area contributed by atoms with Crippen molar-refractivity contribution in [3.05, 3.63) is 0 Å². The third-order valence-corrected chi connectivity index (χ3v) is 5.09.